The first-order chi connectivity index (χ1) is 9.54. The maximum absolute atomic E-state index is 12.2. The van der Waals surface area contributed by atoms with Crippen molar-refractivity contribution < 1.29 is 9.59 Å². The van der Waals surface area contributed by atoms with Crippen LogP contribution in [0.3, 0.4) is 0 Å². The van der Waals surface area contributed by atoms with Crippen LogP contribution in [0.15, 0.2) is 12.3 Å². The first-order valence-electron chi connectivity index (χ1n) is 6.36. The highest BCUT2D eigenvalue weighted by atomic mass is 32.1. The van der Waals surface area contributed by atoms with Crippen molar-refractivity contribution in [1.82, 2.24) is 14.8 Å². The average Bonchev–Trinajstić information content (AvgIpc) is 3.01. The molecule has 1 aliphatic rings. The number of nitrogens with zero attached hydrogens (tertiary/aromatic N) is 3. The van der Waals surface area contributed by atoms with Crippen molar-refractivity contribution in [2.24, 2.45) is 7.05 Å². The predicted molar refractivity (Wildman–Crippen MR) is 75.3 cm³/mol. The van der Waals surface area contributed by atoms with Gasteiger partial charge in [0.15, 0.2) is 5.78 Å². The molecule has 0 spiro atoms. The fourth-order valence-corrected chi connectivity index (χ4v) is 2.83. The van der Waals surface area contributed by atoms with Crippen LogP contribution in [-0.2, 0) is 7.05 Å². The summed E-state index contributed by atoms with van der Waals surface area (Å²) in [7, 11) is 1.73. The number of ketones is 1. The molecule has 0 unspecified atom stereocenters. The van der Waals surface area contributed by atoms with Crippen LogP contribution in [-0.4, -0.2) is 26.5 Å². The Balaban J connectivity index is 1.76. The van der Waals surface area contributed by atoms with Crippen molar-refractivity contribution >= 4 is 28.2 Å². The van der Waals surface area contributed by atoms with Gasteiger partial charge in [-0.05, 0) is 25.8 Å². The van der Waals surface area contributed by atoms with Crippen LogP contribution in [0.1, 0.15) is 51.5 Å². The maximum atomic E-state index is 12.2. The van der Waals surface area contributed by atoms with Gasteiger partial charge in [0, 0.05) is 24.7 Å². The summed E-state index contributed by atoms with van der Waals surface area (Å²) in [4.78, 5) is 23.5. The van der Waals surface area contributed by atoms with E-state index in [4.69, 9.17) is 0 Å². The lowest BCUT2D eigenvalue weighted by Gasteiger charge is -2.01. The number of nitrogens with one attached hydrogen (secondary N) is 1. The van der Waals surface area contributed by atoms with Crippen molar-refractivity contribution in [2.45, 2.75) is 25.7 Å². The average molecular weight is 290 g/mol. The molecule has 7 heteroatoms. The van der Waals surface area contributed by atoms with Crippen LogP contribution in [0.25, 0.3) is 0 Å². The lowest BCUT2D eigenvalue weighted by Crippen LogP contribution is -2.15. The first-order valence-corrected chi connectivity index (χ1v) is 7.18. The van der Waals surface area contributed by atoms with Crippen LogP contribution in [0, 0.1) is 0 Å². The Labute approximate surface area is 119 Å². The number of carbonyl (C=O) groups excluding carboxylic acids is 2. The van der Waals surface area contributed by atoms with Crippen LogP contribution in [0.4, 0.5) is 5.13 Å². The number of amides is 1. The van der Waals surface area contributed by atoms with E-state index in [2.05, 4.69) is 15.5 Å². The van der Waals surface area contributed by atoms with Crippen LogP contribution in [0.2, 0.25) is 0 Å². The molecule has 3 rings (SSSR count). The van der Waals surface area contributed by atoms with E-state index in [-0.39, 0.29) is 11.7 Å². The number of anilines is 1. The molecule has 6 nitrogen and oxygen atoms in total. The monoisotopic (exact) mass is 290 g/mol. The van der Waals surface area contributed by atoms with Crippen molar-refractivity contribution in [3.8, 4) is 0 Å². The SMILES string of the molecule is CC(=O)c1cc(C(=O)Nc2nnc(C3CC3)s2)n(C)c1. The van der Waals surface area contributed by atoms with Gasteiger partial charge in [-0.3, -0.25) is 14.9 Å². The molecule has 1 saturated carbocycles. The van der Waals surface area contributed by atoms with Gasteiger partial charge in [-0.1, -0.05) is 11.3 Å². The molecule has 0 atom stereocenters. The van der Waals surface area contributed by atoms with Gasteiger partial charge in [-0.25, -0.2) is 0 Å². The van der Waals surface area contributed by atoms with Gasteiger partial charge >= 0.3 is 0 Å². The second kappa shape index (κ2) is 4.82. The Morgan fingerprint density at radius 1 is 1.40 bits per heavy atom. The fourth-order valence-electron chi connectivity index (χ4n) is 1.92. The molecule has 1 amide bonds. The zero-order valence-electron chi connectivity index (χ0n) is 11.2. The van der Waals surface area contributed by atoms with Crippen LogP contribution < -0.4 is 5.32 Å². The highest BCUT2D eigenvalue weighted by molar-refractivity contribution is 7.15. The van der Waals surface area contributed by atoms with E-state index in [1.807, 2.05) is 0 Å². The van der Waals surface area contributed by atoms with Gasteiger partial charge in [-0.15, -0.1) is 10.2 Å². The topological polar surface area (TPSA) is 76.9 Å². The highest BCUT2D eigenvalue weighted by Crippen LogP contribution is 2.42. The van der Waals surface area contributed by atoms with Crippen molar-refractivity contribution in [2.75, 3.05) is 5.32 Å². The Morgan fingerprint density at radius 3 is 2.75 bits per heavy atom. The zero-order chi connectivity index (χ0) is 14.3. The third kappa shape index (κ3) is 2.49. The summed E-state index contributed by atoms with van der Waals surface area (Å²) < 4.78 is 1.63. The second-order valence-corrected chi connectivity index (χ2v) is 5.96. The normalized spacial score (nSPS) is 14.3. The predicted octanol–water partition coefficient (Wildman–Crippen LogP) is 2.21. The molecule has 0 radical (unpaired) electrons. The van der Waals surface area contributed by atoms with E-state index in [9.17, 15) is 9.59 Å². The largest absolute Gasteiger partial charge is 0.346 e. The summed E-state index contributed by atoms with van der Waals surface area (Å²) in [6.07, 6.45) is 3.96. The molecule has 2 heterocycles. The van der Waals surface area contributed by atoms with Crippen LogP contribution >= 0.6 is 11.3 Å². The van der Waals surface area contributed by atoms with E-state index < -0.39 is 0 Å². The van der Waals surface area contributed by atoms with E-state index in [1.54, 1.807) is 23.9 Å². The summed E-state index contributed by atoms with van der Waals surface area (Å²) in [5.41, 5.74) is 0.951. The minimum atomic E-state index is -0.279. The smallest absolute Gasteiger partial charge is 0.274 e. The molecule has 0 aliphatic heterocycles. The molecule has 20 heavy (non-hydrogen) atoms. The standard InChI is InChI=1S/C13H14N4O2S/c1-7(18)9-5-10(17(2)6-9)11(19)14-13-16-15-12(20-13)8-3-4-8/h5-6,8H,3-4H2,1-2H3,(H,14,16,19). The highest BCUT2D eigenvalue weighted by Gasteiger charge is 2.28. The number of hydrogen-bond donors (Lipinski definition) is 1. The number of hydrogen-bond acceptors (Lipinski definition) is 5. The van der Waals surface area contributed by atoms with Crippen molar-refractivity contribution in [3.05, 3.63) is 28.5 Å². The number of aromatic nitrogens is 3. The second-order valence-electron chi connectivity index (χ2n) is 4.95. The van der Waals surface area contributed by atoms with Gasteiger partial charge in [-0.2, -0.15) is 0 Å². The Kier molecular flexibility index (Phi) is 3.13. The fraction of sp³-hybridized carbons (Fsp3) is 0.385. The summed E-state index contributed by atoms with van der Waals surface area (Å²) >= 11 is 1.42. The molecule has 1 fully saturated rings. The molecule has 0 aromatic carbocycles. The van der Waals surface area contributed by atoms with E-state index in [0.29, 0.717) is 22.3 Å². The molecular formula is C13H14N4O2S. The molecule has 104 valence electrons. The third-order valence-corrected chi connectivity index (χ3v) is 4.23. The summed E-state index contributed by atoms with van der Waals surface area (Å²) in [5.74, 6) is 0.183. The van der Waals surface area contributed by atoms with Gasteiger partial charge in [0.1, 0.15) is 10.7 Å². The van der Waals surface area contributed by atoms with E-state index >= 15 is 0 Å². The lowest BCUT2D eigenvalue weighted by molar-refractivity contribution is 0.101. The van der Waals surface area contributed by atoms with Gasteiger partial charge in [0.25, 0.3) is 5.91 Å². The first kappa shape index (κ1) is 13.0. The summed E-state index contributed by atoms with van der Waals surface area (Å²) in [5, 5.41) is 12.3. The molecule has 2 aromatic heterocycles. The van der Waals surface area contributed by atoms with Gasteiger partial charge in [0.05, 0.1) is 0 Å². The zero-order valence-corrected chi connectivity index (χ0v) is 12.0. The molecular weight excluding hydrogens is 276 g/mol. The van der Waals surface area contributed by atoms with Crippen molar-refractivity contribution in [3.63, 3.8) is 0 Å². The number of carbonyl (C=O) groups is 2. The number of Topliss-reactive ketones (excluding diaryl/α,β-unsaturated/α-hetero) is 1. The Hall–Kier alpha value is -2.02. The van der Waals surface area contributed by atoms with Crippen LogP contribution in [0.5, 0.6) is 0 Å². The van der Waals surface area contributed by atoms with Gasteiger partial charge < -0.3 is 4.57 Å². The number of aryl methyl sites for hydroxylation is 1. The molecule has 0 saturated heterocycles. The Morgan fingerprint density at radius 2 is 2.15 bits per heavy atom. The van der Waals surface area contributed by atoms with E-state index in [0.717, 1.165) is 17.8 Å². The summed E-state index contributed by atoms with van der Waals surface area (Å²) in [6.45, 7) is 1.48. The molecule has 1 N–H and O–H groups in total. The third-order valence-electron chi connectivity index (χ3n) is 3.23. The molecule has 0 bridgehead atoms. The Bertz CT molecular complexity index is 684. The maximum Gasteiger partial charge on any atom is 0.274 e. The summed E-state index contributed by atoms with van der Waals surface area (Å²) in [6, 6.07) is 1.58. The minimum Gasteiger partial charge on any atom is -0.346 e. The van der Waals surface area contributed by atoms with Gasteiger partial charge in [0.2, 0.25) is 5.13 Å². The molecule has 2 aromatic rings. The van der Waals surface area contributed by atoms with Crippen molar-refractivity contribution in [1.29, 1.82) is 0 Å². The lowest BCUT2D eigenvalue weighted by atomic mass is 10.2. The van der Waals surface area contributed by atoms with E-state index in [1.165, 1.54) is 18.3 Å². The number of rotatable bonds is 4. The minimum absolute atomic E-state index is 0.0633. The quantitative estimate of drug-likeness (QED) is 0.876. The molecule has 1 aliphatic carbocycles.